The zero-order valence-electron chi connectivity index (χ0n) is 13.1. The Bertz CT molecular complexity index is 355. The lowest BCUT2D eigenvalue weighted by molar-refractivity contribution is 0.216. The second kappa shape index (κ2) is 8.41. The van der Waals surface area contributed by atoms with Gasteiger partial charge in [0.1, 0.15) is 0 Å². The minimum absolute atomic E-state index is 0.636. The average molecular weight is 274 g/mol. The fourth-order valence-corrected chi connectivity index (χ4v) is 3.51. The van der Waals surface area contributed by atoms with E-state index in [9.17, 15) is 0 Å². The molecule has 1 aliphatic carbocycles. The Morgan fingerprint density at radius 2 is 2.05 bits per heavy atom. The molecule has 0 amide bonds. The van der Waals surface area contributed by atoms with Crippen molar-refractivity contribution >= 4 is 0 Å². The molecule has 1 aromatic rings. The fourth-order valence-electron chi connectivity index (χ4n) is 3.51. The maximum Gasteiger partial charge on any atom is 0.0300 e. The predicted octanol–water partition coefficient (Wildman–Crippen LogP) is 4.21. The number of nitrogens with one attached hydrogen (secondary N) is 1. The smallest absolute Gasteiger partial charge is 0.0300 e. The van der Waals surface area contributed by atoms with Crippen LogP contribution in [-0.4, -0.2) is 17.6 Å². The largest absolute Gasteiger partial charge is 0.313 e. The Hall–Kier alpha value is -0.890. The van der Waals surface area contributed by atoms with Gasteiger partial charge in [0.2, 0.25) is 0 Å². The number of hydrogen-bond donors (Lipinski definition) is 1. The van der Waals surface area contributed by atoms with Gasteiger partial charge in [0, 0.05) is 18.4 Å². The molecule has 2 rings (SSSR count). The van der Waals surface area contributed by atoms with Crippen LogP contribution in [0.25, 0.3) is 0 Å². The first kappa shape index (κ1) is 15.5. The number of nitrogens with zero attached hydrogens (tertiary/aromatic N) is 1. The van der Waals surface area contributed by atoms with E-state index >= 15 is 0 Å². The van der Waals surface area contributed by atoms with Crippen LogP contribution in [0, 0.1) is 11.8 Å². The maximum atomic E-state index is 4.26. The van der Waals surface area contributed by atoms with Crippen molar-refractivity contribution in [2.45, 2.75) is 64.8 Å². The molecule has 1 atom stereocenters. The molecule has 0 aromatic carbocycles. The molecule has 1 unspecified atom stereocenters. The van der Waals surface area contributed by atoms with E-state index in [0.717, 1.165) is 24.8 Å². The van der Waals surface area contributed by atoms with E-state index in [-0.39, 0.29) is 0 Å². The van der Waals surface area contributed by atoms with Crippen molar-refractivity contribution in [2.24, 2.45) is 11.8 Å². The molecule has 0 aliphatic heterocycles. The Morgan fingerprint density at radius 1 is 1.25 bits per heavy atom. The Balaban J connectivity index is 1.93. The Kier molecular flexibility index (Phi) is 6.52. The summed E-state index contributed by atoms with van der Waals surface area (Å²) in [6.07, 6.45) is 13.3. The quantitative estimate of drug-likeness (QED) is 0.805. The first-order chi connectivity index (χ1) is 9.83. The van der Waals surface area contributed by atoms with Gasteiger partial charge in [-0.25, -0.2) is 0 Å². The van der Waals surface area contributed by atoms with E-state index in [1.165, 1.54) is 44.1 Å². The SMILES string of the molecule is CCCNC(Cc1cccnc1)C1CCC(CC)CC1. The first-order valence-corrected chi connectivity index (χ1v) is 8.45. The lowest BCUT2D eigenvalue weighted by Gasteiger charge is -2.34. The van der Waals surface area contributed by atoms with Crippen LogP contribution in [0.1, 0.15) is 57.9 Å². The molecule has 2 heteroatoms. The van der Waals surface area contributed by atoms with Crippen molar-refractivity contribution in [1.82, 2.24) is 10.3 Å². The molecule has 1 N–H and O–H groups in total. The maximum absolute atomic E-state index is 4.26. The van der Waals surface area contributed by atoms with E-state index < -0.39 is 0 Å². The van der Waals surface area contributed by atoms with Crippen LogP contribution < -0.4 is 5.32 Å². The van der Waals surface area contributed by atoms with Crippen LogP contribution in [0.2, 0.25) is 0 Å². The van der Waals surface area contributed by atoms with Gasteiger partial charge in [-0.1, -0.05) is 39.2 Å². The summed E-state index contributed by atoms with van der Waals surface area (Å²) in [5.41, 5.74) is 1.37. The van der Waals surface area contributed by atoms with Crippen molar-refractivity contribution in [3.8, 4) is 0 Å². The van der Waals surface area contributed by atoms with Crippen molar-refractivity contribution in [3.05, 3.63) is 30.1 Å². The molecular formula is C18H30N2. The number of aromatic nitrogens is 1. The van der Waals surface area contributed by atoms with E-state index in [1.807, 2.05) is 12.4 Å². The van der Waals surface area contributed by atoms with Crippen molar-refractivity contribution in [1.29, 1.82) is 0 Å². The zero-order valence-corrected chi connectivity index (χ0v) is 13.1. The summed E-state index contributed by atoms with van der Waals surface area (Å²) in [6, 6.07) is 4.91. The Labute approximate surface area is 124 Å². The topological polar surface area (TPSA) is 24.9 Å². The van der Waals surface area contributed by atoms with Crippen LogP contribution in [0.4, 0.5) is 0 Å². The van der Waals surface area contributed by atoms with Gasteiger partial charge in [0.15, 0.2) is 0 Å². The highest BCUT2D eigenvalue weighted by Crippen LogP contribution is 2.33. The number of pyridine rings is 1. The zero-order chi connectivity index (χ0) is 14.2. The molecule has 1 saturated carbocycles. The van der Waals surface area contributed by atoms with Gasteiger partial charge in [0.05, 0.1) is 0 Å². The third-order valence-electron chi connectivity index (χ3n) is 4.87. The van der Waals surface area contributed by atoms with Gasteiger partial charge in [-0.05, 0) is 55.7 Å². The molecule has 0 radical (unpaired) electrons. The van der Waals surface area contributed by atoms with Crippen LogP contribution >= 0.6 is 0 Å². The van der Waals surface area contributed by atoms with E-state index in [0.29, 0.717) is 6.04 Å². The van der Waals surface area contributed by atoms with Gasteiger partial charge in [-0.2, -0.15) is 0 Å². The summed E-state index contributed by atoms with van der Waals surface area (Å²) >= 11 is 0. The molecule has 1 aliphatic rings. The second-order valence-corrected chi connectivity index (χ2v) is 6.32. The minimum atomic E-state index is 0.636. The van der Waals surface area contributed by atoms with Crippen molar-refractivity contribution in [3.63, 3.8) is 0 Å². The summed E-state index contributed by atoms with van der Waals surface area (Å²) in [4.78, 5) is 4.26. The molecule has 112 valence electrons. The summed E-state index contributed by atoms with van der Waals surface area (Å²) in [6.45, 7) is 5.73. The highest BCUT2D eigenvalue weighted by atomic mass is 14.9. The number of hydrogen-bond acceptors (Lipinski definition) is 2. The molecule has 20 heavy (non-hydrogen) atoms. The molecular weight excluding hydrogens is 244 g/mol. The third kappa shape index (κ3) is 4.59. The van der Waals surface area contributed by atoms with Gasteiger partial charge in [-0.15, -0.1) is 0 Å². The fraction of sp³-hybridized carbons (Fsp3) is 0.722. The Morgan fingerprint density at radius 3 is 2.65 bits per heavy atom. The summed E-state index contributed by atoms with van der Waals surface area (Å²) in [5.74, 6) is 1.83. The van der Waals surface area contributed by atoms with Crippen LogP contribution in [0.3, 0.4) is 0 Å². The standard InChI is InChI=1S/C18H30N2/c1-3-11-20-18(13-16-6-5-12-19-14-16)17-9-7-15(4-2)8-10-17/h5-6,12,14-15,17-18,20H,3-4,7-11,13H2,1-2H3. The predicted molar refractivity (Wildman–Crippen MR) is 85.8 cm³/mol. The monoisotopic (exact) mass is 274 g/mol. The van der Waals surface area contributed by atoms with E-state index in [4.69, 9.17) is 0 Å². The summed E-state index contributed by atoms with van der Waals surface area (Å²) in [5, 5.41) is 3.79. The van der Waals surface area contributed by atoms with Crippen LogP contribution in [0.5, 0.6) is 0 Å². The van der Waals surface area contributed by atoms with Crippen LogP contribution in [0.15, 0.2) is 24.5 Å². The number of rotatable bonds is 7. The highest BCUT2D eigenvalue weighted by Gasteiger charge is 2.26. The highest BCUT2D eigenvalue weighted by molar-refractivity contribution is 5.10. The first-order valence-electron chi connectivity index (χ1n) is 8.45. The van der Waals surface area contributed by atoms with Crippen LogP contribution in [-0.2, 0) is 6.42 Å². The average Bonchev–Trinajstić information content (AvgIpc) is 2.52. The van der Waals surface area contributed by atoms with E-state index in [2.05, 4.69) is 36.3 Å². The molecule has 1 aromatic heterocycles. The van der Waals surface area contributed by atoms with Crippen molar-refractivity contribution in [2.75, 3.05) is 6.54 Å². The van der Waals surface area contributed by atoms with E-state index in [1.54, 1.807) is 0 Å². The van der Waals surface area contributed by atoms with Gasteiger partial charge in [-0.3, -0.25) is 4.98 Å². The minimum Gasteiger partial charge on any atom is -0.313 e. The van der Waals surface area contributed by atoms with Crippen molar-refractivity contribution < 1.29 is 0 Å². The summed E-state index contributed by atoms with van der Waals surface area (Å²) in [7, 11) is 0. The lowest BCUT2D eigenvalue weighted by Crippen LogP contribution is -2.40. The lowest BCUT2D eigenvalue weighted by atomic mass is 9.76. The molecule has 1 heterocycles. The molecule has 0 saturated heterocycles. The third-order valence-corrected chi connectivity index (χ3v) is 4.87. The normalized spacial score (nSPS) is 24.5. The van der Waals surface area contributed by atoms with Gasteiger partial charge >= 0.3 is 0 Å². The summed E-state index contributed by atoms with van der Waals surface area (Å²) < 4.78 is 0. The van der Waals surface area contributed by atoms with Gasteiger partial charge in [0.25, 0.3) is 0 Å². The molecule has 0 spiro atoms. The molecule has 0 bridgehead atoms. The molecule has 2 nitrogen and oxygen atoms in total. The molecule has 1 fully saturated rings. The second-order valence-electron chi connectivity index (χ2n) is 6.32. The van der Waals surface area contributed by atoms with Gasteiger partial charge < -0.3 is 5.32 Å².